The molecule has 6 heteroatoms. The van der Waals surface area contributed by atoms with Gasteiger partial charge >= 0.3 is 0 Å². The van der Waals surface area contributed by atoms with Crippen molar-refractivity contribution in [1.29, 1.82) is 0 Å². The third-order valence-electron chi connectivity index (χ3n) is 5.39. The number of aryl methyl sites for hydroxylation is 1. The first-order chi connectivity index (χ1) is 13.2. The second-order valence-corrected chi connectivity index (χ2v) is 7.54. The van der Waals surface area contributed by atoms with Crippen LogP contribution in [0.2, 0.25) is 0 Å². The highest BCUT2D eigenvalue weighted by molar-refractivity contribution is 5.79. The fourth-order valence-electron chi connectivity index (χ4n) is 3.43. The Balaban J connectivity index is 1.39. The first kappa shape index (κ1) is 19.7. The first-order valence-corrected chi connectivity index (χ1v) is 10.0. The van der Waals surface area contributed by atoms with Crippen LogP contribution in [-0.4, -0.2) is 68.0 Å². The summed E-state index contributed by atoms with van der Waals surface area (Å²) in [6, 6.07) is 7.85. The molecule has 0 aromatic heterocycles. The van der Waals surface area contributed by atoms with Crippen molar-refractivity contribution in [3.63, 3.8) is 0 Å². The molecule has 0 bridgehead atoms. The maximum absolute atomic E-state index is 12.6. The van der Waals surface area contributed by atoms with Crippen molar-refractivity contribution in [2.24, 2.45) is 5.92 Å². The molecule has 2 fully saturated rings. The highest BCUT2D eigenvalue weighted by Gasteiger charge is 2.23. The van der Waals surface area contributed by atoms with E-state index in [0.717, 1.165) is 49.7 Å². The number of nitrogens with one attached hydrogen (secondary N) is 1. The molecule has 2 aliphatic rings. The highest BCUT2D eigenvalue weighted by Crippen LogP contribution is 2.27. The summed E-state index contributed by atoms with van der Waals surface area (Å²) in [5.41, 5.74) is 1.14. The average molecular weight is 373 g/mol. The third kappa shape index (κ3) is 6.24. The fourth-order valence-corrected chi connectivity index (χ4v) is 3.43. The molecule has 1 N–H and O–H groups in total. The Kier molecular flexibility index (Phi) is 7.10. The van der Waals surface area contributed by atoms with Crippen LogP contribution < -0.4 is 10.1 Å². The number of methoxy groups -OCH3 is 1. The van der Waals surface area contributed by atoms with E-state index >= 15 is 0 Å². The van der Waals surface area contributed by atoms with Crippen molar-refractivity contribution in [3.8, 4) is 5.75 Å². The molecule has 1 aliphatic heterocycles. The van der Waals surface area contributed by atoms with Crippen LogP contribution in [0.25, 0.3) is 0 Å². The zero-order valence-corrected chi connectivity index (χ0v) is 16.3. The largest absolute Gasteiger partial charge is 0.497 e. The van der Waals surface area contributed by atoms with E-state index in [1.165, 1.54) is 12.8 Å². The second kappa shape index (κ2) is 9.74. The topological polar surface area (TPSA) is 61.9 Å². The molecule has 3 rings (SSSR count). The van der Waals surface area contributed by atoms with Crippen LogP contribution in [-0.2, 0) is 16.0 Å². The van der Waals surface area contributed by atoms with E-state index in [1.54, 1.807) is 7.11 Å². The van der Waals surface area contributed by atoms with Crippen LogP contribution >= 0.6 is 0 Å². The number of carbonyl (C=O) groups excluding carboxylic acids is 2. The van der Waals surface area contributed by atoms with E-state index in [0.29, 0.717) is 26.1 Å². The predicted octanol–water partition coefficient (Wildman–Crippen LogP) is 1.69. The Morgan fingerprint density at radius 3 is 2.33 bits per heavy atom. The summed E-state index contributed by atoms with van der Waals surface area (Å²) in [4.78, 5) is 28.7. The molecule has 0 atom stereocenters. The van der Waals surface area contributed by atoms with Crippen LogP contribution in [0.5, 0.6) is 5.75 Å². The molecule has 148 valence electrons. The summed E-state index contributed by atoms with van der Waals surface area (Å²) < 4.78 is 5.16. The molecule has 27 heavy (non-hydrogen) atoms. The minimum absolute atomic E-state index is 0.156. The summed E-state index contributed by atoms with van der Waals surface area (Å²) in [6.45, 7) is 4.12. The standard InChI is InChI=1S/C21H31N3O3/c1-27-19-8-5-17(6-9-19)7-10-20(25)23-11-2-12-24(14-13-23)21(26)16-22-15-18-3-4-18/h5-6,8-9,18,22H,2-4,7,10-16H2,1H3. The van der Waals surface area contributed by atoms with Gasteiger partial charge in [-0.2, -0.15) is 0 Å². The van der Waals surface area contributed by atoms with Crippen molar-refractivity contribution in [3.05, 3.63) is 29.8 Å². The van der Waals surface area contributed by atoms with Gasteiger partial charge in [-0.1, -0.05) is 12.1 Å². The zero-order valence-electron chi connectivity index (χ0n) is 16.3. The molecule has 1 saturated heterocycles. The van der Waals surface area contributed by atoms with Gasteiger partial charge in [0.1, 0.15) is 5.75 Å². The molecule has 1 saturated carbocycles. The number of nitrogens with zero attached hydrogens (tertiary/aromatic N) is 2. The summed E-state index contributed by atoms with van der Waals surface area (Å²) >= 11 is 0. The lowest BCUT2D eigenvalue weighted by Gasteiger charge is -2.22. The number of rotatable bonds is 8. The van der Waals surface area contributed by atoms with Gasteiger partial charge in [0.05, 0.1) is 13.7 Å². The van der Waals surface area contributed by atoms with E-state index in [1.807, 2.05) is 34.1 Å². The van der Waals surface area contributed by atoms with Crippen LogP contribution in [0.1, 0.15) is 31.2 Å². The van der Waals surface area contributed by atoms with Crippen molar-refractivity contribution in [2.75, 3.05) is 46.4 Å². The predicted molar refractivity (Wildman–Crippen MR) is 105 cm³/mol. The highest BCUT2D eigenvalue weighted by atomic mass is 16.5. The van der Waals surface area contributed by atoms with Gasteiger partial charge in [-0.25, -0.2) is 0 Å². The lowest BCUT2D eigenvalue weighted by Crippen LogP contribution is -2.41. The van der Waals surface area contributed by atoms with Gasteiger partial charge in [0.25, 0.3) is 0 Å². The Hall–Kier alpha value is -2.08. The SMILES string of the molecule is COc1ccc(CCC(=O)N2CCCN(C(=O)CNCC3CC3)CC2)cc1. The number of ether oxygens (including phenoxy) is 1. The van der Waals surface area contributed by atoms with E-state index in [-0.39, 0.29) is 11.8 Å². The Bertz CT molecular complexity index is 628. The molecule has 0 unspecified atom stereocenters. The Morgan fingerprint density at radius 1 is 1.04 bits per heavy atom. The average Bonchev–Trinajstić information content (AvgIpc) is 3.53. The van der Waals surface area contributed by atoms with Gasteiger partial charge in [-0.05, 0) is 55.8 Å². The molecule has 1 aromatic carbocycles. The van der Waals surface area contributed by atoms with Gasteiger partial charge in [0.2, 0.25) is 11.8 Å². The van der Waals surface area contributed by atoms with Crippen LogP contribution in [0.15, 0.2) is 24.3 Å². The molecule has 6 nitrogen and oxygen atoms in total. The fraction of sp³-hybridized carbons (Fsp3) is 0.619. The van der Waals surface area contributed by atoms with Crippen LogP contribution in [0.4, 0.5) is 0 Å². The van der Waals surface area contributed by atoms with Gasteiger partial charge < -0.3 is 19.9 Å². The molecular weight excluding hydrogens is 342 g/mol. The normalized spacial score (nSPS) is 17.5. The lowest BCUT2D eigenvalue weighted by atomic mass is 10.1. The summed E-state index contributed by atoms with van der Waals surface area (Å²) in [7, 11) is 1.65. The van der Waals surface area contributed by atoms with Gasteiger partial charge in [-0.15, -0.1) is 0 Å². The molecule has 1 heterocycles. The first-order valence-electron chi connectivity index (χ1n) is 10.0. The Labute approximate surface area is 161 Å². The number of hydrogen-bond donors (Lipinski definition) is 1. The van der Waals surface area contributed by atoms with Gasteiger partial charge in [0.15, 0.2) is 0 Å². The molecule has 0 radical (unpaired) electrons. The zero-order chi connectivity index (χ0) is 19.1. The number of hydrogen-bond acceptors (Lipinski definition) is 4. The summed E-state index contributed by atoms with van der Waals surface area (Å²) in [5, 5.41) is 3.26. The van der Waals surface area contributed by atoms with Crippen LogP contribution in [0.3, 0.4) is 0 Å². The number of benzene rings is 1. The van der Waals surface area contributed by atoms with Crippen molar-refractivity contribution in [2.45, 2.75) is 32.1 Å². The van der Waals surface area contributed by atoms with Gasteiger partial charge in [-0.3, -0.25) is 9.59 Å². The third-order valence-corrected chi connectivity index (χ3v) is 5.39. The smallest absolute Gasteiger partial charge is 0.236 e. The molecule has 1 aromatic rings. The van der Waals surface area contributed by atoms with Crippen LogP contribution in [0, 0.1) is 5.92 Å². The number of amides is 2. The van der Waals surface area contributed by atoms with E-state index < -0.39 is 0 Å². The lowest BCUT2D eigenvalue weighted by molar-refractivity contribution is -0.133. The quantitative estimate of drug-likeness (QED) is 0.753. The van der Waals surface area contributed by atoms with Crippen molar-refractivity contribution >= 4 is 11.8 Å². The van der Waals surface area contributed by atoms with Crippen molar-refractivity contribution in [1.82, 2.24) is 15.1 Å². The van der Waals surface area contributed by atoms with E-state index in [2.05, 4.69) is 5.32 Å². The Morgan fingerprint density at radius 2 is 1.70 bits per heavy atom. The summed E-state index contributed by atoms with van der Waals surface area (Å²) in [5.74, 6) is 1.94. The number of carbonyl (C=O) groups is 2. The molecular formula is C21H31N3O3. The van der Waals surface area contributed by atoms with E-state index in [4.69, 9.17) is 4.74 Å². The second-order valence-electron chi connectivity index (χ2n) is 7.54. The van der Waals surface area contributed by atoms with Crippen molar-refractivity contribution < 1.29 is 14.3 Å². The minimum Gasteiger partial charge on any atom is -0.497 e. The maximum atomic E-state index is 12.6. The molecule has 2 amide bonds. The molecule has 0 spiro atoms. The monoisotopic (exact) mass is 373 g/mol. The summed E-state index contributed by atoms with van der Waals surface area (Å²) in [6.07, 6.45) is 4.66. The van der Waals surface area contributed by atoms with Gasteiger partial charge in [0, 0.05) is 32.6 Å². The molecule has 1 aliphatic carbocycles. The minimum atomic E-state index is 0.156. The maximum Gasteiger partial charge on any atom is 0.236 e. The van der Waals surface area contributed by atoms with E-state index in [9.17, 15) is 9.59 Å².